The van der Waals surface area contributed by atoms with E-state index in [0.717, 1.165) is 111 Å². The molecule has 0 aliphatic rings. The number of benzene rings is 10. The summed E-state index contributed by atoms with van der Waals surface area (Å²) in [5, 5.41) is 8.82. The van der Waals surface area contributed by atoms with Gasteiger partial charge >= 0.3 is 0 Å². The predicted octanol–water partition coefficient (Wildman–Crippen LogP) is 17.0. The van der Waals surface area contributed by atoms with Crippen molar-refractivity contribution in [3.8, 4) is 33.4 Å². The van der Waals surface area contributed by atoms with Gasteiger partial charge in [0.2, 0.25) is 0 Å². The minimum atomic E-state index is 0.806. The van der Waals surface area contributed by atoms with E-state index in [4.69, 9.17) is 13.3 Å². The number of para-hydroxylation sites is 3. The summed E-state index contributed by atoms with van der Waals surface area (Å²) in [7, 11) is 0. The Balaban J connectivity index is 1.05. The molecule has 3 heterocycles. The fraction of sp³-hybridized carbons (Fsp3) is 0. The van der Waals surface area contributed by atoms with Gasteiger partial charge in [-0.1, -0.05) is 146 Å². The van der Waals surface area contributed by atoms with Gasteiger partial charge in [-0.15, -0.1) is 0 Å². The van der Waals surface area contributed by atoms with Crippen molar-refractivity contribution >= 4 is 93.7 Å². The van der Waals surface area contributed by atoms with Crippen molar-refractivity contribution in [2.45, 2.75) is 0 Å². The van der Waals surface area contributed by atoms with Gasteiger partial charge in [0.05, 0.1) is 11.1 Å². The van der Waals surface area contributed by atoms with Gasteiger partial charge in [0.1, 0.15) is 33.5 Å². The number of hydrogen-bond donors (Lipinski definition) is 0. The maximum atomic E-state index is 6.76. The largest absolute Gasteiger partial charge is 0.456 e. The topological polar surface area (TPSA) is 42.7 Å². The Labute approximate surface area is 356 Å². The third kappa shape index (κ3) is 5.33. The minimum absolute atomic E-state index is 0.806. The first kappa shape index (κ1) is 34.5. The smallest absolute Gasteiger partial charge is 0.147 e. The molecule has 10 aromatic carbocycles. The Morgan fingerprint density at radius 3 is 1.68 bits per heavy atom. The fourth-order valence-electron chi connectivity index (χ4n) is 9.57. The molecule has 13 aromatic rings. The summed E-state index contributed by atoms with van der Waals surface area (Å²) in [5.74, 6) is 0. The van der Waals surface area contributed by atoms with Crippen LogP contribution in [0.3, 0.4) is 0 Å². The van der Waals surface area contributed by atoms with Gasteiger partial charge < -0.3 is 18.2 Å². The van der Waals surface area contributed by atoms with Crippen LogP contribution in [0.1, 0.15) is 0 Å². The number of rotatable bonds is 6. The van der Waals surface area contributed by atoms with Gasteiger partial charge in [0, 0.05) is 55.5 Å². The predicted molar refractivity (Wildman–Crippen MR) is 257 cm³/mol. The molecular formula is C58H35NO3. The van der Waals surface area contributed by atoms with Gasteiger partial charge in [0.25, 0.3) is 0 Å². The maximum absolute atomic E-state index is 6.76. The lowest BCUT2D eigenvalue weighted by molar-refractivity contribution is 0.663. The summed E-state index contributed by atoms with van der Waals surface area (Å²) < 4.78 is 19.9. The second kappa shape index (κ2) is 13.6. The van der Waals surface area contributed by atoms with E-state index in [-0.39, 0.29) is 0 Å². The van der Waals surface area contributed by atoms with Gasteiger partial charge in [-0.05, 0) is 93.7 Å². The molecule has 0 spiro atoms. The lowest BCUT2D eigenvalue weighted by Crippen LogP contribution is -2.11. The Hall–Kier alpha value is -8.34. The number of nitrogens with zero attached hydrogens (tertiary/aromatic N) is 1. The summed E-state index contributed by atoms with van der Waals surface area (Å²) in [6.45, 7) is 0. The number of fused-ring (bicyclic) bond motifs is 11. The Morgan fingerprint density at radius 2 is 0.871 bits per heavy atom. The molecule has 0 aliphatic heterocycles. The summed E-state index contributed by atoms with van der Waals surface area (Å²) in [5.41, 5.74) is 14.7. The molecule has 0 radical (unpaired) electrons. The fourth-order valence-corrected chi connectivity index (χ4v) is 9.57. The molecule has 0 saturated heterocycles. The average molecular weight is 794 g/mol. The van der Waals surface area contributed by atoms with Crippen LogP contribution in [0.25, 0.3) is 110 Å². The first-order valence-electron chi connectivity index (χ1n) is 21.0. The van der Waals surface area contributed by atoms with Crippen molar-refractivity contribution in [2.75, 3.05) is 4.90 Å². The normalized spacial score (nSPS) is 11.9. The first-order valence-corrected chi connectivity index (χ1v) is 21.0. The second-order valence-corrected chi connectivity index (χ2v) is 16.0. The molecule has 3 aromatic heterocycles. The third-order valence-corrected chi connectivity index (χ3v) is 12.5. The molecule has 62 heavy (non-hydrogen) atoms. The van der Waals surface area contributed by atoms with E-state index in [9.17, 15) is 0 Å². The van der Waals surface area contributed by atoms with Gasteiger partial charge in [-0.2, -0.15) is 0 Å². The van der Waals surface area contributed by atoms with Crippen LogP contribution in [0.2, 0.25) is 0 Å². The Bertz CT molecular complexity index is 3870. The lowest BCUT2D eigenvalue weighted by Gasteiger charge is -2.28. The third-order valence-electron chi connectivity index (χ3n) is 12.5. The van der Waals surface area contributed by atoms with E-state index in [1.807, 2.05) is 36.4 Å². The molecule has 0 saturated carbocycles. The highest BCUT2D eigenvalue weighted by Gasteiger charge is 2.24. The van der Waals surface area contributed by atoms with E-state index in [1.54, 1.807) is 0 Å². The molecular weight excluding hydrogens is 759 g/mol. The van der Waals surface area contributed by atoms with Crippen LogP contribution in [0.4, 0.5) is 17.1 Å². The van der Waals surface area contributed by atoms with E-state index >= 15 is 0 Å². The lowest BCUT2D eigenvalue weighted by atomic mass is 9.93. The van der Waals surface area contributed by atoms with E-state index < -0.39 is 0 Å². The zero-order valence-electron chi connectivity index (χ0n) is 33.4. The highest BCUT2D eigenvalue weighted by Crippen LogP contribution is 2.48. The molecule has 0 amide bonds. The summed E-state index contributed by atoms with van der Waals surface area (Å²) in [6, 6.07) is 75.1. The number of furan rings is 3. The van der Waals surface area contributed by atoms with Crippen LogP contribution in [-0.4, -0.2) is 0 Å². The van der Waals surface area contributed by atoms with E-state index in [0.29, 0.717) is 0 Å². The molecule has 290 valence electrons. The van der Waals surface area contributed by atoms with Crippen molar-refractivity contribution in [3.05, 3.63) is 212 Å². The number of anilines is 3. The molecule has 13 rings (SSSR count). The van der Waals surface area contributed by atoms with Crippen molar-refractivity contribution < 1.29 is 13.3 Å². The monoisotopic (exact) mass is 793 g/mol. The standard InChI is InChI=1S/C58H35NO3/c1-2-13-37(14-3-1)48-33-39(49-35-50-45-19-7-10-23-53(45)61-58(50)56-47-20-8-11-24-54(47)62-57(49)56)27-32-51(48)59(41-30-31-46-44-18-6-9-22-52(44)60-55(46)34-41)40-28-25-38(26-29-40)43-21-12-16-36-15-4-5-17-42(36)43/h1-35H. The minimum Gasteiger partial charge on any atom is -0.456 e. The van der Waals surface area contributed by atoms with E-state index in [1.165, 1.54) is 16.3 Å². The average Bonchev–Trinajstić information content (AvgIpc) is 4.03. The van der Waals surface area contributed by atoms with Crippen LogP contribution < -0.4 is 4.90 Å². The van der Waals surface area contributed by atoms with Crippen molar-refractivity contribution in [1.29, 1.82) is 0 Å². The molecule has 0 bridgehead atoms. The maximum Gasteiger partial charge on any atom is 0.147 e. The van der Waals surface area contributed by atoms with Gasteiger partial charge in [-0.3, -0.25) is 0 Å². The van der Waals surface area contributed by atoms with Gasteiger partial charge in [0.15, 0.2) is 0 Å². The zero-order valence-corrected chi connectivity index (χ0v) is 33.4. The van der Waals surface area contributed by atoms with Crippen molar-refractivity contribution in [3.63, 3.8) is 0 Å². The quantitative estimate of drug-likeness (QED) is 0.168. The SMILES string of the molecule is c1ccc(-c2cc(-c3cc4c5ccccc5oc4c4c3oc3ccccc34)ccc2N(c2ccc(-c3cccc4ccccc34)cc2)c2ccc3c(c2)oc2ccccc23)cc1. The molecule has 0 atom stereocenters. The highest BCUT2D eigenvalue weighted by atomic mass is 16.3. The van der Waals surface area contributed by atoms with Crippen molar-refractivity contribution in [1.82, 2.24) is 0 Å². The Morgan fingerprint density at radius 1 is 0.290 bits per heavy atom. The molecule has 4 nitrogen and oxygen atoms in total. The van der Waals surface area contributed by atoms with Crippen LogP contribution in [0.15, 0.2) is 226 Å². The van der Waals surface area contributed by atoms with E-state index in [2.05, 4.69) is 181 Å². The molecule has 0 N–H and O–H groups in total. The van der Waals surface area contributed by atoms with Crippen LogP contribution >= 0.6 is 0 Å². The molecule has 4 heteroatoms. The van der Waals surface area contributed by atoms with Crippen LogP contribution in [0.5, 0.6) is 0 Å². The zero-order chi connectivity index (χ0) is 40.7. The van der Waals surface area contributed by atoms with Crippen LogP contribution in [0, 0.1) is 0 Å². The number of hydrogen-bond acceptors (Lipinski definition) is 4. The summed E-state index contributed by atoms with van der Waals surface area (Å²) in [6.07, 6.45) is 0. The molecule has 0 aliphatic carbocycles. The summed E-state index contributed by atoms with van der Waals surface area (Å²) >= 11 is 0. The summed E-state index contributed by atoms with van der Waals surface area (Å²) in [4.78, 5) is 2.36. The van der Waals surface area contributed by atoms with Crippen molar-refractivity contribution in [2.24, 2.45) is 0 Å². The van der Waals surface area contributed by atoms with Crippen LogP contribution in [-0.2, 0) is 0 Å². The van der Waals surface area contributed by atoms with Gasteiger partial charge in [-0.25, -0.2) is 0 Å². The molecule has 0 unspecified atom stereocenters. The second-order valence-electron chi connectivity index (χ2n) is 16.0. The first-order chi connectivity index (χ1) is 30.7. The molecule has 0 fully saturated rings. The Kier molecular flexibility index (Phi) is 7.57. The highest BCUT2D eigenvalue weighted by molar-refractivity contribution is 6.25.